The van der Waals surface area contributed by atoms with E-state index >= 15 is 0 Å². The van der Waals surface area contributed by atoms with Crippen LogP contribution < -0.4 is 10.1 Å². The fourth-order valence-corrected chi connectivity index (χ4v) is 4.84. The first-order chi connectivity index (χ1) is 14.6. The molecule has 2 aliphatic heterocycles. The van der Waals surface area contributed by atoms with Crippen LogP contribution in [0, 0.1) is 0 Å². The number of H-pyrrole nitrogens is 1. The maximum absolute atomic E-state index is 13.3. The molecule has 3 aromatic rings. The standard InChI is InChI=1S/C23H24BrN3O3/c1-29-16-5-2-14(3-6-16)21-22-18(17-12-15(24)4-7-19(17)25-22)13-20(26-21)23(28)27-8-10-30-11-9-27/h2-7,12,20-21,25-26H,8-11,13H2,1H3. The number of nitrogens with one attached hydrogen (secondary N) is 2. The summed E-state index contributed by atoms with van der Waals surface area (Å²) in [6, 6.07) is 13.9. The molecule has 7 heteroatoms. The Labute approximate surface area is 183 Å². The normalized spacial score (nSPS) is 21.5. The van der Waals surface area contributed by atoms with Crippen LogP contribution in [0.25, 0.3) is 10.9 Å². The Balaban J connectivity index is 1.56. The number of morpholine rings is 1. The minimum atomic E-state index is -0.277. The van der Waals surface area contributed by atoms with Gasteiger partial charge in [0.15, 0.2) is 0 Å². The van der Waals surface area contributed by atoms with E-state index in [0.29, 0.717) is 32.7 Å². The second-order valence-corrected chi connectivity index (χ2v) is 8.69. The van der Waals surface area contributed by atoms with E-state index in [4.69, 9.17) is 9.47 Å². The van der Waals surface area contributed by atoms with Crippen LogP contribution in [0.5, 0.6) is 5.75 Å². The number of carbonyl (C=O) groups is 1. The summed E-state index contributed by atoms with van der Waals surface area (Å²) >= 11 is 3.60. The van der Waals surface area contributed by atoms with Crippen molar-refractivity contribution in [2.75, 3.05) is 33.4 Å². The monoisotopic (exact) mass is 469 g/mol. The molecule has 0 bridgehead atoms. The van der Waals surface area contributed by atoms with Crippen molar-refractivity contribution in [2.45, 2.75) is 18.5 Å². The lowest BCUT2D eigenvalue weighted by molar-refractivity contribution is -0.137. The highest BCUT2D eigenvalue weighted by atomic mass is 79.9. The molecule has 6 nitrogen and oxygen atoms in total. The summed E-state index contributed by atoms with van der Waals surface area (Å²) in [4.78, 5) is 18.9. The minimum absolute atomic E-state index is 0.0965. The molecule has 2 unspecified atom stereocenters. The number of hydrogen-bond donors (Lipinski definition) is 2. The van der Waals surface area contributed by atoms with E-state index in [1.54, 1.807) is 7.11 Å². The maximum Gasteiger partial charge on any atom is 0.240 e. The molecule has 2 aliphatic rings. The van der Waals surface area contributed by atoms with Crippen molar-refractivity contribution in [3.8, 4) is 5.75 Å². The van der Waals surface area contributed by atoms with E-state index in [-0.39, 0.29) is 18.0 Å². The van der Waals surface area contributed by atoms with Gasteiger partial charge in [-0.3, -0.25) is 10.1 Å². The van der Waals surface area contributed by atoms with Crippen LogP contribution in [-0.2, 0) is 16.0 Å². The van der Waals surface area contributed by atoms with Gasteiger partial charge in [0, 0.05) is 34.2 Å². The Morgan fingerprint density at radius 2 is 1.93 bits per heavy atom. The zero-order valence-electron chi connectivity index (χ0n) is 16.8. The first-order valence-corrected chi connectivity index (χ1v) is 11.0. The maximum atomic E-state index is 13.3. The minimum Gasteiger partial charge on any atom is -0.497 e. The molecule has 0 saturated carbocycles. The summed E-state index contributed by atoms with van der Waals surface area (Å²) < 4.78 is 11.8. The van der Waals surface area contributed by atoms with Gasteiger partial charge in [0.2, 0.25) is 5.91 Å². The SMILES string of the molecule is COc1ccc(C2NC(C(=O)N3CCOCC3)Cc3c2[nH]c2ccc(Br)cc32)cc1. The third-order valence-corrected chi connectivity index (χ3v) is 6.53. The van der Waals surface area contributed by atoms with Gasteiger partial charge in [-0.2, -0.15) is 0 Å². The molecule has 5 rings (SSSR count). The highest BCUT2D eigenvalue weighted by Crippen LogP contribution is 2.37. The summed E-state index contributed by atoms with van der Waals surface area (Å²) in [5.41, 5.74) is 4.52. The zero-order valence-corrected chi connectivity index (χ0v) is 18.4. The van der Waals surface area contributed by atoms with Crippen LogP contribution in [-0.4, -0.2) is 55.2 Å². The van der Waals surface area contributed by atoms with Gasteiger partial charge in [0.05, 0.1) is 32.4 Å². The summed E-state index contributed by atoms with van der Waals surface area (Å²) in [6.45, 7) is 2.50. The average molecular weight is 470 g/mol. The highest BCUT2D eigenvalue weighted by Gasteiger charge is 2.36. The molecular weight excluding hydrogens is 446 g/mol. The van der Waals surface area contributed by atoms with Crippen molar-refractivity contribution in [1.82, 2.24) is 15.2 Å². The fraction of sp³-hybridized carbons (Fsp3) is 0.348. The number of carbonyl (C=O) groups excluding carboxylic acids is 1. The van der Waals surface area contributed by atoms with Crippen molar-refractivity contribution >= 4 is 32.7 Å². The number of halogens is 1. The third kappa shape index (κ3) is 3.51. The molecule has 30 heavy (non-hydrogen) atoms. The number of nitrogens with zero attached hydrogens (tertiary/aromatic N) is 1. The van der Waals surface area contributed by atoms with Crippen LogP contribution in [0.15, 0.2) is 46.9 Å². The number of fused-ring (bicyclic) bond motifs is 3. The Bertz CT molecular complexity index is 1070. The predicted molar refractivity (Wildman–Crippen MR) is 119 cm³/mol. The average Bonchev–Trinajstić information content (AvgIpc) is 3.16. The molecular formula is C23H24BrN3O3. The van der Waals surface area contributed by atoms with E-state index < -0.39 is 0 Å². The van der Waals surface area contributed by atoms with Gasteiger partial charge < -0.3 is 19.4 Å². The number of rotatable bonds is 3. The summed E-state index contributed by atoms with van der Waals surface area (Å²) in [5, 5.41) is 4.79. The number of hydrogen-bond acceptors (Lipinski definition) is 4. The van der Waals surface area contributed by atoms with E-state index in [9.17, 15) is 4.79 Å². The van der Waals surface area contributed by atoms with Gasteiger partial charge in [-0.15, -0.1) is 0 Å². The van der Waals surface area contributed by atoms with E-state index in [0.717, 1.165) is 27.0 Å². The molecule has 1 fully saturated rings. The molecule has 3 heterocycles. The van der Waals surface area contributed by atoms with E-state index in [2.05, 4.69) is 50.5 Å². The van der Waals surface area contributed by atoms with Crippen molar-refractivity contribution in [3.63, 3.8) is 0 Å². The van der Waals surface area contributed by atoms with Crippen LogP contribution in [0.2, 0.25) is 0 Å². The second-order valence-electron chi connectivity index (χ2n) is 7.77. The van der Waals surface area contributed by atoms with E-state index in [1.807, 2.05) is 23.1 Å². The van der Waals surface area contributed by atoms with Gasteiger partial charge in [-0.25, -0.2) is 0 Å². The number of aromatic nitrogens is 1. The molecule has 1 amide bonds. The summed E-state index contributed by atoms with van der Waals surface area (Å²) in [6.07, 6.45) is 0.661. The third-order valence-electron chi connectivity index (χ3n) is 6.04. The molecule has 0 spiro atoms. The van der Waals surface area contributed by atoms with Gasteiger partial charge >= 0.3 is 0 Å². The predicted octanol–water partition coefficient (Wildman–Crippen LogP) is 3.40. The van der Waals surface area contributed by atoms with Crippen molar-refractivity contribution < 1.29 is 14.3 Å². The first-order valence-electron chi connectivity index (χ1n) is 10.2. The fourth-order valence-electron chi connectivity index (χ4n) is 4.48. The second kappa shape index (κ2) is 8.06. The number of methoxy groups -OCH3 is 1. The van der Waals surface area contributed by atoms with Crippen LogP contribution in [0.1, 0.15) is 22.9 Å². The Morgan fingerprint density at radius 1 is 1.17 bits per heavy atom. The largest absolute Gasteiger partial charge is 0.497 e. The highest BCUT2D eigenvalue weighted by molar-refractivity contribution is 9.10. The van der Waals surface area contributed by atoms with Crippen molar-refractivity contribution in [2.24, 2.45) is 0 Å². The Hall–Kier alpha value is -2.35. The number of benzene rings is 2. The lowest BCUT2D eigenvalue weighted by atomic mass is 9.89. The van der Waals surface area contributed by atoms with Crippen LogP contribution in [0.4, 0.5) is 0 Å². The van der Waals surface area contributed by atoms with Crippen LogP contribution >= 0.6 is 15.9 Å². The lowest BCUT2D eigenvalue weighted by Gasteiger charge is -2.35. The topological polar surface area (TPSA) is 66.6 Å². The Morgan fingerprint density at radius 3 is 2.67 bits per heavy atom. The molecule has 0 radical (unpaired) electrons. The quantitative estimate of drug-likeness (QED) is 0.616. The molecule has 1 aromatic heterocycles. The van der Waals surface area contributed by atoms with Crippen LogP contribution in [0.3, 0.4) is 0 Å². The lowest BCUT2D eigenvalue weighted by Crippen LogP contribution is -2.53. The summed E-state index contributed by atoms with van der Waals surface area (Å²) in [7, 11) is 1.67. The van der Waals surface area contributed by atoms with Gasteiger partial charge in [-0.05, 0) is 47.9 Å². The zero-order chi connectivity index (χ0) is 20.7. The molecule has 2 atom stereocenters. The van der Waals surface area contributed by atoms with Crippen molar-refractivity contribution in [3.05, 3.63) is 63.8 Å². The number of amides is 1. The Kier molecular flexibility index (Phi) is 5.26. The van der Waals surface area contributed by atoms with Gasteiger partial charge in [0.1, 0.15) is 5.75 Å². The number of aromatic amines is 1. The molecule has 156 valence electrons. The number of ether oxygens (including phenoxy) is 2. The molecule has 2 N–H and O–H groups in total. The molecule has 0 aliphatic carbocycles. The summed E-state index contributed by atoms with van der Waals surface area (Å²) in [5.74, 6) is 0.961. The molecule has 2 aromatic carbocycles. The van der Waals surface area contributed by atoms with Gasteiger partial charge in [-0.1, -0.05) is 28.1 Å². The van der Waals surface area contributed by atoms with E-state index in [1.165, 1.54) is 10.9 Å². The van der Waals surface area contributed by atoms with Crippen molar-refractivity contribution in [1.29, 1.82) is 0 Å². The smallest absolute Gasteiger partial charge is 0.240 e. The first kappa shape index (κ1) is 19.6. The molecule has 1 saturated heterocycles. The van der Waals surface area contributed by atoms with Gasteiger partial charge in [0.25, 0.3) is 0 Å².